The molecule has 136 valence electrons. The molecule has 2 heterocycles. The van der Waals surface area contributed by atoms with Crippen molar-refractivity contribution in [2.45, 2.75) is 38.5 Å². The summed E-state index contributed by atoms with van der Waals surface area (Å²) in [5.41, 5.74) is 0. The van der Waals surface area contributed by atoms with Gasteiger partial charge in [0.25, 0.3) is 0 Å². The largest absolute Gasteiger partial charge is 0.481 e. The van der Waals surface area contributed by atoms with Crippen LogP contribution in [0.4, 0.5) is 0 Å². The molecule has 1 unspecified atom stereocenters. The van der Waals surface area contributed by atoms with Gasteiger partial charge in [0.05, 0.1) is 12.5 Å². The molecule has 0 bridgehead atoms. The van der Waals surface area contributed by atoms with E-state index in [9.17, 15) is 14.4 Å². The van der Waals surface area contributed by atoms with Crippen LogP contribution in [0.2, 0.25) is 0 Å². The van der Waals surface area contributed by atoms with E-state index in [0.717, 1.165) is 32.5 Å². The highest BCUT2D eigenvalue weighted by molar-refractivity contribution is 5.85. The predicted octanol–water partition coefficient (Wildman–Crippen LogP) is 0.975. The van der Waals surface area contributed by atoms with Crippen LogP contribution in [0, 0.1) is 11.8 Å². The number of likely N-dealkylation sites (N-methyl/N-ethyl adjacent to an activating group) is 1. The van der Waals surface area contributed by atoms with Gasteiger partial charge in [-0.2, -0.15) is 0 Å². The molecule has 7 heteroatoms. The van der Waals surface area contributed by atoms with Gasteiger partial charge < -0.3 is 19.6 Å². The second kappa shape index (κ2) is 9.01. The van der Waals surface area contributed by atoms with Crippen LogP contribution < -0.4 is 0 Å². The highest BCUT2D eigenvalue weighted by Gasteiger charge is 2.29. The molecule has 2 amide bonds. The average Bonchev–Trinajstić information content (AvgIpc) is 2.60. The van der Waals surface area contributed by atoms with Crippen LogP contribution in [0.15, 0.2) is 0 Å². The number of nitrogens with zero attached hydrogens (tertiary/aromatic N) is 2. The van der Waals surface area contributed by atoms with Crippen LogP contribution in [-0.4, -0.2) is 72.6 Å². The maximum absolute atomic E-state index is 12.3. The van der Waals surface area contributed by atoms with E-state index in [1.807, 2.05) is 0 Å². The Balaban J connectivity index is 1.73. The Bertz CT molecular complexity index is 462. The van der Waals surface area contributed by atoms with Crippen molar-refractivity contribution >= 4 is 17.8 Å². The molecule has 2 saturated heterocycles. The van der Waals surface area contributed by atoms with Crippen LogP contribution >= 0.6 is 0 Å². The summed E-state index contributed by atoms with van der Waals surface area (Å²) in [5, 5.41) is 9.09. The van der Waals surface area contributed by atoms with Crippen molar-refractivity contribution in [3.63, 3.8) is 0 Å². The third-order valence-corrected chi connectivity index (χ3v) is 5.03. The van der Waals surface area contributed by atoms with Gasteiger partial charge in [-0.3, -0.25) is 14.4 Å². The van der Waals surface area contributed by atoms with Gasteiger partial charge in [0, 0.05) is 39.8 Å². The number of carbonyl (C=O) groups excluding carboxylic acids is 2. The summed E-state index contributed by atoms with van der Waals surface area (Å²) in [4.78, 5) is 38.6. The summed E-state index contributed by atoms with van der Waals surface area (Å²) in [6.45, 7) is 2.39. The zero-order chi connectivity index (χ0) is 17.5. The molecule has 2 rings (SSSR count). The van der Waals surface area contributed by atoms with Crippen LogP contribution in [0.1, 0.15) is 38.5 Å². The van der Waals surface area contributed by atoms with E-state index in [1.165, 1.54) is 4.90 Å². The number of piperidine rings is 1. The van der Waals surface area contributed by atoms with E-state index >= 15 is 0 Å². The van der Waals surface area contributed by atoms with Crippen molar-refractivity contribution in [2.75, 3.05) is 39.9 Å². The van der Waals surface area contributed by atoms with Gasteiger partial charge >= 0.3 is 5.97 Å². The van der Waals surface area contributed by atoms with E-state index in [0.29, 0.717) is 31.7 Å². The predicted molar refractivity (Wildman–Crippen MR) is 87.4 cm³/mol. The molecule has 7 nitrogen and oxygen atoms in total. The Kier molecular flexibility index (Phi) is 7.02. The minimum Gasteiger partial charge on any atom is -0.481 e. The Morgan fingerprint density at radius 1 is 1.21 bits per heavy atom. The fourth-order valence-electron chi connectivity index (χ4n) is 3.35. The number of hydrogen-bond acceptors (Lipinski definition) is 4. The number of hydrogen-bond donors (Lipinski definition) is 1. The Labute approximate surface area is 142 Å². The van der Waals surface area contributed by atoms with Crippen LogP contribution in [0.25, 0.3) is 0 Å². The fraction of sp³-hybridized carbons (Fsp3) is 0.824. The van der Waals surface area contributed by atoms with Crippen molar-refractivity contribution in [3.8, 4) is 0 Å². The van der Waals surface area contributed by atoms with Crippen molar-refractivity contribution in [1.82, 2.24) is 9.80 Å². The molecule has 2 aliphatic rings. The van der Waals surface area contributed by atoms with Crippen molar-refractivity contribution in [2.24, 2.45) is 11.8 Å². The third kappa shape index (κ3) is 5.47. The summed E-state index contributed by atoms with van der Waals surface area (Å²) in [5.74, 6) is -1.000. The zero-order valence-corrected chi connectivity index (χ0v) is 14.4. The first-order chi connectivity index (χ1) is 11.5. The summed E-state index contributed by atoms with van der Waals surface area (Å²) in [6.07, 6.45) is 4.60. The molecular formula is C17H28N2O5. The van der Waals surface area contributed by atoms with E-state index in [2.05, 4.69) is 0 Å². The van der Waals surface area contributed by atoms with Gasteiger partial charge in [-0.1, -0.05) is 0 Å². The molecule has 0 spiro atoms. The molecule has 0 aromatic rings. The normalized spacial score (nSPS) is 22.2. The molecule has 1 atom stereocenters. The Hall–Kier alpha value is -1.63. The number of amides is 2. The number of rotatable bonds is 6. The lowest BCUT2D eigenvalue weighted by Gasteiger charge is -2.32. The lowest BCUT2D eigenvalue weighted by atomic mass is 9.95. The highest BCUT2D eigenvalue weighted by Crippen LogP contribution is 2.20. The number of carboxylic acids is 1. The summed E-state index contributed by atoms with van der Waals surface area (Å²) in [7, 11) is 1.64. The van der Waals surface area contributed by atoms with Gasteiger partial charge in [0.2, 0.25) is 11.8 Å². The van der Waals surface area contributed by atoms with Gasteiger partial charge in [-0.15, -0.1) is 0 Å². The third-order valence-electron chi connectivity index (χ3n) is 5.03. The second-order valence-corrected chi connectivity index (χ2v) is 6.86. The van der Waals surface area contributed by atoms with Crippen molar-refractivity contribution in [3.05, 3.63) is 0 Å². The number of ether oxygens (including phenoxy) is 1. The molecule has 24 heavy (non-hydrogen) atoms. The Morgan fingerprint density at radius 2 is 1.92 bits per heavy atom. The van der Waals surface area contributed by atoms with Gasteiger partial charge in [-0.25, -0.2) is 0 Å². The average molecular weight is 340 g/mol. The van der Waals surface area contributed by atoms with Gasteiger partial charge in [0.1, 0.15) is 0 Å². The highest BCUT2D eigenvalue weighted by atomic mass is 16.5. The fourth-order valence-corrected chi connectivity index (χ4v) is 3.35. The number of aliphatic carboxylic acids is 1. The quantitative estimate of drug-likeness (QED) is 0.779. The topological polar surface area (TPSA) is 87.2 Å². The van der Waals surface area contributed by atoms with E-state index in [-0.39, 0.29) is 24.9 Å². The summed E-state index contributed by atoms with van der Waals surface area (Å²) >= 11 is 0. The second-order valence-electron chi connectivity index (χ2n) is 6.86. The molecule has 2 aliphatic heterocycles. The molecule has 1 N–H and O–H groups in total. The van der Waals surface area contributed by atoms with Crippen LogP contribution in [0.3, 0.4) is 0 Å². The molecule has 0 saturated carbocycles. The standard InChI is InChI=1S/C17H28N2O5/c1-18(15(20)5-4-13-6-9-24-10-7-13)12-16(21)19-8-2-3-14(11-19)17(22)23/h13-14H,2-12H2,1H3,(H,22,23). The minimum absolute atomic E-state index is 0.0263. The maximum Gasteiger partial charge on any atom is 0.308 e. The molecule has 0 aromatic heterocycles. The summed E-state index contributed by atoms with van der Waals surface area (Å²) < 4.78 is 5.31. The van der Waals surface area contributed by atoms with Gasteiger partial charge in [-0.05, 0) is 38.0 Å². The molecule has 0 aliphatic carbocycles. The molecule has 0 radical (unpaired) electrons. The first kappa shape index (κ1) is 18.7. The minimum atomic E-state index is -0.853. The monoisotopic (exact) mass is 340 g/mol. The van der Waals surface area contributed by atoms with E-state index in [4.69, 9.17) is 9.84 Å². The van der Waals surface area contributed by atoms with E-state index < -0.39 is 11.9 Å². The first-order valence-electron chi connectivity index (χ1n) is 8.79. The van der Waals surface area contributed by atoms with Crippen molar-refractivity contribution < 1.29 is 24.2 Å². The van der Waals surface area contributed by atoms with Crippen molar-refractivity contribution in [1.29, 1.82) is 0 Å². The maximum atomic E-state index is 12.3. The smallest absolute Gasteiger partial charge is 0.308 e. The van der Waals surface area contributed by atoms with Gasteiger partial charge in [0.15, 0.2) is 0 Å². The van der Waals surface area contributed by atoms with Crippen LogP contribution in [-0.2, 0) is 19.1 Å². The lowest BCUT2D eigenvalue weighted by molar-refractivity contribution is -0.147. The number of carboxylic acid groups (broad SMARTS) is 1. The number of carbonyl (C=O) groups is 3. The lowest BCUT2D eigenvalue weighted by Crippen LogP contribution is -2.46. The Morgan fingerprint density at radius 3 is 2.58 bits per heavy atom. The zero-order valence-electron chi connectivity index (χ0n) is 14.4. The first-order valence-corrected chi connectivity index (χ1v) is 8.79. The number of likely N-dealkylation sites (tertiary alicyclic amines) is 1. The molecular weight excluding hydrogens is 312 g/mol. The molecule has 2 fully saturated rings. The SMILES string of the molecule is CN(CC(=O)N1CCCC(C(=O)O)C1)C(=O)CCC1CCOCC1. The molecule has 0 aromatic carbocycles. The summed E-state index contributed by atoms with van der Waals surface area (Å²) in [6, 6.07) is 0. The van der Waals surface area contributed by atoms with E-state index in [1.54, 1.807) is 11.9 Å². The van der Waals surface area contributed by atoms with Crippen LogP contribution in [0.5, 0.6) is 0 Å².